The van der Waals surface area contributed by atoms with Gasteiger partial charge in [0.05, 0.1) is 12.3 Å². The Bertz CT molecular complexity index is 464. The van der Waals surface area contributed by atoms with E-state index in [9.17, 15) is 0 Å². The number of piperidine rings is 1. The lowest BCUT2D eigenvalue weighted by atomic mass is 10.1. The maximum Gasteiger partial charge on any atom is 0.191 e. The van der Waals surface area contributed by atoms with Crippen LogP contribution in [0.25, 0.3) is 0 Å². The zero-order valence-electron chi connectivity index (χ0n) is 15.5. The van der Waals surface area contributed by atoms with Crippen molar-refractivity contribution in [2.45, 2.75) is 38.1 Å². The number of aliphatic imine (C=N–C) groups is 1. The van der Waals surface area contributed by atoms with Crippen LogP contribution in [0, 0.1) is 0 Å². The molecule has 0 aliphatic carbocycles. The number of halogens is 1. The predicted molar refractivity (Wildman–Crippen MR) is 119 cm³/mol. The molecule has 0 bridgehead atoms. The van der Waals surface area contributed by atoms with E-state index >= 15 is 0 Å². The van der Waals surface area contributed by atoms with Gasteiger partial charge in [-0.05, 0) is 62.9 Å². The Morgan fingerprint density at radius 3 is 2.72 bits per heavy atom. The van der Waals surface area contributed by atoms with Gasteiger partial charge >= 0.3 is 0 Å². The lowest BCUT2D eigenvalue weighted by molar-refractivity contribution is 0.146. The SMILES string of the molecule is CN=C(NCCCCSC)NCC(c1ccco1)N1CCCCC1.I. The van der Waals surface area contributed by atoms with Crippen LogP contribution in [0.15, 0.2) is 27.8 Å². The summed E-state index contributed by atoms with van der Waals surface area (Å²) in [6.07, 6.45) is 10.2. The van der Waals surface area contributed by atoms with Crippen molar-refractivity contribution >= 4 is 41.7 Å². The molecule has 1 atom stereocenters. The summed E-state index contributed by atoms with van der Waals surface area (Å²) in [6, 6.07) is 4.33. The maximum atomic E-state index is 5.70. The Balaban J connectivity index is 0.00000312. The van der Waals surface area contributed by atoms with E-state index in [4.69, 9.17) is 4.42 Å². The zero-order chi connectivity index (χ0) is 17.0. The second-order valence-electron chi connectivity index (χ2n) is 6.21. The summed E-state index contributed by atoms with van der Waals surface area (Å²) in [7, 11) is 1.83. The average molecular weight is 480 g/mol. The fourth-order valence-corrected chi connectivity index (χ4v) is 3.61. The van der Waals surface area contributed by atoms with E-state index in [1.165, 1.54) is 37.9 Å². The van der Waals surface area contributed by atoms with Crippen LogP contribution in [0.4, 0.5) is 0 Å². The minimum atomic E-state index is 0. The molecule has 1 fully saturated rings. The van der Waals surface area contributed by atoms with E-state index in [0.717, 1.165) is 37.9 Å². The van der Waals surface area contributed by atoms with Crippen LogP contribution in [0.3, 0.4) is 0 Å². The van der Waals surface area contributed by atoms with Crippen molar-refractivity contribution < 1.29 is 4.42 Å². The van der Waals surface area contributed by atoms with Gasteiger partial charge in [-0.1, -0.05) is 6.42 Å². The van der Waals surface area contributed by atoms with Crippen LogP contribution in [-0.2, 0) is 0 Å². The van der Waals surface area contributed by atoms with Gasteiger partial charge in [0.1, 0.15) is 5.76 Å². The van der Waals surface area contributed by atoms with Crippen molar-refractivity contribution in [3.05, 3.63) is 24.2 Å². The molecule has 1 unspecified atom stereocenters. The number of unbranched alkanes of at least 4 members (excludes halogenated alkanes) is 1. The number of rotatable bonds is 9. The molecule has 2 heterocycles. The average Bonchev–Trinajstić information content (AvgIpc) is 3.15. The first-order valence-electron chi connectivity index (χ1n) is 9.06. The molecule has 0 radical (unpaired) electrons. The topological polar surface area (TPSA) is 52.8 Å². The first-order valence-corrected chi connectivity index (χ1v) is 10.5. The highest BCUT2D eigenvalue weighted by molar-refractivity contribution is 14.0. The minimum absolute atomic E-state index is 0. The Labute approximate surface area is 173 Å². The number of nitrogens with zero attached hydrogens (tertiary/aromatic N) is 2. The second-order valence-corrected chi connectivity index (χ2v) is 7.19. The van der Waals surface area contributed by atoms with Crippen molar-refractivity contribution in [1.29, 1.82) is 0 Å². The van der Waals surface area contributed by atoms with Gasteiger partial charge in [0.25, 0.3) is 0 Å². The fraction of sp³-hybridized carbons (Fsp3) is 0.722. The van der Waals surface area contributed by atoms with Crippen molar-refractivity contribution in [3.8, 4) is 0 Å². The largest absolute Gasteiger partial charge is 0.468 e. The van der Waals surface area contributed by atoms with E-state index in [2.05, 4.69) is 32.8 Å². The predicted octanol–water partition coefficient (Wildman–Crippen LogP) is 3.73. The standard InChI is InChI=1S/C18H32N4OS.HI/c1-19-18(20-10-4-7-14-24-2)21-15-16(17-9-8-13-23-17)22-11-5-3-6-12-22;/h8-9,13,16H,3-7,10-12,14-15H2,1-2H3,(H2,19,20,21);1H. The van der Waals surface area contributed by atoms with Crippen LogP contribution < -0.4 is 10.6 Å². The van der Waals surface area contributed by atoms with Crippen LogP contribution in [0.2, 0.25) is 0 Å². The molecule has 0 amide bonds. The Kier molecular flexibility index (Phi) is 12.4. The molecule has 25 heavy (non-hydrogen) atoms. The lowest BCUT2D eigenvalue weighted by Gasteiger charge is -2.33. The smallest absolute Gasteiger partial charge is 0.191 e. The van der Waals surface area contributed by atoms with Gasteiger partial charge in [0, 0.05) is 20.1 Å². The summed E-state index contributed by atoms with van der Waals surface area (Å²) in [5.74, 6) is 3.15. The summed E-state index contributed by atoms with van der Waals surface area (Å²) in [5.41, 5.74) is 0. The third-order valence-electron chi connectivity index (χ3n) is 4.46. The highest BCUT2D eigenvalue weighted by Gasteiger charge is 2.24. The number of thioether (sulfide) groups is 1. The van der Waals surface area contributed by atoms with E-state index in [1.807, 2.05) is 24.9 Å². The van der Waals surface area contributed by atoms with Gasteiger partial charge in [-0.25, -0.2) is 0 Å². The van der Waals surface area contributed by atoms with Crippen molar-refractivity contribution in [2.75, 3.05) is 45.2 Å². The first kappa shape index (κ1) is 22.6. The Morgan fingerprint density at radius 2 is 2.08 bits per heavy atom. The van der Waals surface area contributed by atoms with E-state index in [0.29, 0.717) is 0 Å². The summed E-state index contributed by atoms with van der Waals surface area (Å²) >= 11 is 1.91. The zero-order valence-corrected chi connectivity index (χ0v) is 18.6. The molecule has 1 aromatic heterocycles. The van der Waals surface area contributed by atoms with Gasteiger partial charge in [-0.3, -0.25) is 9.89 Å². The van der Waals surface area contributed by atoms with Gasteiger partial charge in [-0.2, -0.15) is 11.8 Å². The molecule has 0 spiro atoms. The van der Waals surface area contributed by atoms with Crippen molar-refractivity contribution in [3.63, 3.8) is 0 Å². The van der Waals surface area contributed by atoms with Crippen LogP contribution in [0.1, 0.15) is 43.9 Å². The Morgan fingerprint density at radius 1 is 1.28 bits per heavy atom. The Hall–Kier alpha value is -0.410. The molecule has 1 aromatic rings. The van der Waals surface area contributed by atoms with E-state index in [1.54, 1.807) is 6.26 Å². The number of nitrogens with one attached hydrogen (secondary N) is 2. The van der Waals surface area contributed by atoms with E-state index < -0.39 is 0 Å². The van der Waals surface area contributed by atoms with Crippen LogP contribution in [0.5, 0.6) is 0 Å². The molecule has 2 rings (SSSR count). The number of hydrogen-bond donors (Lipinski definition) is 2. The minimum Gasteiger partial charge on any atom is -0.468 e. The number of hydrogen-bond acceptors (Lipinski definition) is 4. The molecule has 1 aliphatic heterocycles. The van der Waals surface area contributed by atoms with Gasteiger partial charge in [0.2, 0.25) is 0 Å². The molecular weight excluding hydrogens is 447 g/mol. The summed E-state index contributed by atoms with van der Waals surface area (Å²) < 4.78 is 5.70. The lowest BCUT2D eigenvalue weighted by Crippen LogP contribution is -2.44. The highest BCUT2D eigenvalue weighted by atomic mass is 127. The summed E-state index contributed by atoms with van der Waals surface area (Å²) in [5, 5.41) is 6.89. The molecule has 1 saturated heterocycles. The monoisotopic (exact) mass is 480 g/mol. The fourth-order valence-electron chi connectivity index (χ4n) is 3.11. The summed E-state index contributed by atoms with van der Waals surface area (Å²) in [6.45, 7) is 4.08. The normalized spacial score (nSPS) is 17.0. The maximum absolute atomic E-state index is 5.70. The number of likely N-dealkylation sites (tertiary alicyclic amines) is 1. The summed E-state index contributed by atoms with van der Waals surface area (Å²) in [4.78, 5) is 6.87. The van der Waals surface area contributed by atoms with Gasteiger partial charge in [-0.15, -0.1) is 24.0 Å². The third-order valence-corrected chi connectivity index (χ3v) is 5.15. The molecule has 5 nitrogen and oxygen atoms in total. The van der Waals surface area contributed by atoms with Crippen LogP contribution in [-0.4, -0.2) is 56.1 Å². The molecule has 2 N–H and O–H groups in total. The first-order chi connectivity index (χ1) is 11.8. The molecule has 144 valence electrons. The van der Waals surface area contributed by atoms with E-state index in [-0.39, 0.29) is 30.0 Å². The number of furan rings is 1. The molecule has 0 aromatic carbocycles. The van der Waals surface area contributed by atoms with Crippen molar-refractivity contribution in [2.24, 2.45) is 4.99 Å². The quantitative estimate of drug-likeness (QED) is 0.244. The van der Waals surface area contributed by atoms with Gasteiger partial charge in [0.15, 0.2) is 5.96 Å². The second kappa shape index (κ2) is 13.7. The number of guanidine groups is 1. The van der Waals surface area contributed by atoms with Crippen molar-refractivity contribution in [1.82, 2.24) is 15.5 Å². The molecular formula is C18H33IN4OS. The third kappa shape index (κ3) is 8.21. The van der Waals surface area contributed by atoms with Crippen LogP contribution >= 0.6 is 35.7 Å². The van der Waals surface area contributed by atoms with Gasteiger partial charge < -0.3 is 15.1 Å². The molecule has 7 heteroatoms. The molecule has 0 saturated carbocycles. The molecule has 1 aliphatic rings. The highest BCUT2D eigenvalue weighted by Crippen LogP contribution is 2.24.